The second-order valence-electron chi connectivity index (χ2n) is 1.62. The molecule has 0 fully saturated rings. The van der Waals surface area contributed by atoms with E-state index in [0.717, 1.165) is 4.88 Å². The third-order valence-electron chi connectivity index (χ3n) is 0.908. The highest BCUT2D eigenvalue weighted by molar-refractivity contribution is 9.10. The fourth-order valence-corrected chi connectivity index (χ4v) is 1.91. The molecular weight excluding hydrogens is 184 g/mol. The van der Waals surface area contributed by atoms with Gasteiger partial charge in [0.2, 0.25) is 0 Å². The summed E-state index contributed by atoms with van der Waals surface area (Å²) in [6.45, 7) is 5.86. The zero-order valence-corrected chi connectivity index (χ0v) is 6.97. The first-order valence-electron chi connectivity index (χ1n) is 2.28. The summed E-state index contributed by atoms with van der Waals surface area (Å²) in [5, 5.41) is 0. The van der Waals surface area contributed by atoms with E-state index in [1.807, 2.05) is 6.07 Å². The lowest BCUT2D eigenvalue weighted by molar-refractivity contribution is 1.59. The van der Waals surface area contributed by atoms with E-state index in [-0.39, 0.29) is 0 Å². The maximum Gasteiger partial charge on any atom is 0.0314 e. The van der Waals surface area contributed by atoms with Gasteiger partial charge in [0.05, 0.1) is 0 Å². The Balaban J connectivity index is 3.14. The predicted molar refractivity (Wildman–Crippen MR) is 41.2 cm³/mol. The molecule has 2 heteroatoms. The highest BCUT2D eigenvalue weighted by atomic mass is 79.9. The van der Waals surface area contributed by atoms with Crippen LogP contribution < -0.4 is 0 Å². The molecule has 1 radical (unpaired) electrons. The van der Waals surface area contributed by atoms with Crippen LogP contribution in [-0.4, -0.2) is 0 Å². The molecule has 0 bridgehead atoms. The molecule has 8 heavy (non-hydrogen) atoms. The molecular formula is C6H6BrS. The molecule has 43 valence electrons. The molecule has 0 saturated carbocycles. The Labute approximate surface area is 61.7 Å². The van der Waals surface area contributed by atoms with E-state index < -0.39 is 0 Å². The number of halogens is 1. The molecule has 0 amide bonds. The normalized spacial score (nSPS) is 9.88. The average Bonchev–Trinajstić information content (AvgIpc) is 1.85. The molecule has 0 unspecified atom stereocenters. The lowest BCUT2D eigenvalue weighted by Crippen LogP contribution is -1.53. The summed E-state index contributed by atoms with van der Waals surface area (Å²) in [5.41, 5.74) is 0. The first kappa shape index (κ1) is 6.30. The van der Waals surface area contributed by atoms with Crippen molar-refractivity contribution in [2.75, 3.05) is 0 Å². The van der Waals surface area contributed by atoms with Crippen LogP contribution in [0.1, 0.15) is 9.75 Å². The summed E-state index contributed by atoms with van der Waals surface area (Å²) in [5.74, 6) is 0. The minimum atomic E-state index is 1.12. The number of thiophene rings is 1. The van der Waals surface area contributed by atoms with Crippen molar-refractivity contribution in [3.8, 4) is 0 Å². The van der Waals surface area contributed by atoms with E-state index in [1.54, 1.807) is 11.3 Å². The van der Waals surface area contributed by atoms with E-state index in [1.165, 1.54) is 9.35 Å². The minimum Gasteiger partial charge on any atom is -0.144 e. The molecule has 1 aromatic rings. The highest BCUT2D eigenvalue weighted by Gasteiger charge is 1.95. The van der Waals surface area contributed by atoms with Crippen LogP contribution in [0.15, 0.2) is 10.5 Å². The summed E-state index contributed by atoms with van der Waals surface area (Å²) in [6.07, 6.45) is 0. The maximum absolute atomic E-state index is 3.79. The van der Waals surface area contributed by atoms with Crippen LogP contribution in [0.5, 0.6) is 0 Å². The fraction of sp³-hybridized carbons (Fsp3) is 0.167. The smallest absolute Gasteiger partial charge is 0.0314 e. The number of rotatable bonds is 0. The molecule has 0 aromatic carbocycles. The number of hydrogen-bond acceptors (Lipinski definition) is 1. The van der Waals surface area contributed by atoms with Gasteiger partial charge in [-0.25, -0.2) is 0 Å². The van der Waals surface area contributed by atoms with Gasteiger partial charge in [-0.1, -0.05) is 0 Å². The quantitative estimate of drug-likeness (QED) is 0.589. The lowest BCUT2D eigenvalue weighted by atomic mass is 10.5. The largest absolute Gasteiger partial charge is 0.144 e. The zero-order chi connectivity index (χ0) is 6.15. The topological polar surface area (TPSA) is 0 Å². The van der Waals surface area contributed by atoms with Gasteiger partial charge in [-0.2, -0.15) is 0 Å². The third-order valence-corrected chi connectivity index (χ3v) is 2.90. The Hall–Kier alpha value is 0.180. The summed E-state index contributed by atoms with van der Waals surface area (Å²) >= 11 is 5.10. The Morgan fingerprint density at radius 1 is 1.75 bits per heavy atom. The second-order valence-corrected chi connectivity index (χ2v) is 3.81. The van der Waals surface area contributed by atoms with Crippen molar-refractivity contribution >= 4 is 27.3 Å². The molecule has 0 aliphatic carbocycles. The summed E-state index contributed by atoms with van der Waals surface area (Å²) in [4.78, 5) is 2.42. The van der Waals surface area contributed by atoms with Crippen molar-refractivity contribution < 1.29 is 0 Å². The van der Waals surface area contributed by atoms with Crippen LogP contribution in [0.3, 0.4) is 0 Å². The van der Waals surface area contributed by atoms with Crippen LogP contribution in [-0.2, 0) is 0 Å². The summed E-state index contributed by atoms with van der Waals surface area (Å²) in [7, 11) is 0. The fourth-order valence-electron chi connectivity index (χ4n) is 0.518. The average molecular weight is 190 g/mol. The van der Waals surface area contributed by atoms with Crippen LogP contribution in [0.2, 0.25) is 0 Å². The van der Waals surface area contributed by atoms with Gasteiger partial charge in [-0.05, 0) is 35.8 Å². The monoisotopic (exact) mass is 189 g/mol. The maximum atomic E-state index is 3.79. The first-order valence-corrected chi connectivity index (χ1v) is 3.89. The minimum absolute atomic E-state index is 1.12. The van der Waals surface area contributed by atoms with Crippen LogP contribution in [0.25, 0.3) is 0 Å². The Morgan fingerprint density at radius 3 is 2.50 bits per heavy atom. The van der Waals surface area contributed by atoms with Gasteiger partial charge >= 0.3 is 0 Å². The molecule has 1 heterocycles. The molecule has 1 aromatic heterocycles. The van der Waals surface area contributed by atoms with Gasteiger partial charge in [0.25, 0.3) is 0 Å². The van der Waals surface area contributed by atoms with Gasteiger partial charge < -0.3 is 0 Å². The van der Waals surface area contributed by atoms with E-state index in [2.05, 4.69) is 29.8 Å². The van der Waals surface area contributed by atoms with Gasteiger partial charge in [0.15, 0.2) is 0 Å². The standard InChI is InChI=1S/C6H6BrS/c1-4-3-6(7)5(2)8-4/h3H,1H2,2H3. The van der Waals surface area contributed by atoms with E-state index in [4.69, 9.17) is 0 Å². The van der Waals surface area contributed by atoms with Crippen LogP contribution >= 0.6 is 27.3 Å². The second kappa shape index (κ2) is 2.19. The third kappa shape index (κ3) is 1.12. The molecule has 0 nitrogen and oxygen atoms in total. The highest BCUT2D eigenvalue weighted by Crippen LogP contribution is 2.24. The number of hydrogen-bond donors (Lipinski definition) is 0. The van der Waals surface area contributed by atoms with E-state index >= 15 is 0 Å². The molecule has 0 saturated heterocycles. The van der Waals surface area contributed by atoms with Crippen molar-refractivity contribution in [3.05, 3.63) is 27.2 Å². The summed E-state index contributed by atoms with van der Waals surface area (Å²) in [6, 6.07) is 2.03. The Morgan fingerprint density at radius 2 is 2.38 bits per heavy atom. The Kier molecular flexibility index (Phi) is 1.73. The van der Waals surface area contributed by atoms with Gasteiger partial charge in [0, 0.05) is 14.2 Å². The predicted octanol–water partition coefficient (Wildman–Crippen LogP) is 3.00. The zero-order valence-electron chi connectivity index (χ0n) is 4.57. The lowest BCUT2D eigenvalue weighted by Gasteiger charge is -1.77. The van der Waals surface area contributed by atoms with Crippen molar-refractivity contribution in [1.82, 2.24) is 0 Å². The summed E-state index contributed by atoms with van der Waals surface area (Å²) < 4.78 is 1.17. The van der Waals surface area contributed by atoms with Crippen molar-refractivity contribution in [3.63, 3.8) is 0 Å². The van der Waals surface area contributed by atoms with Gasteiger partial charge in [0.1, 0.15) is 0 Å². The van der Waals surface area contributed by atoms with Crippen LogP contribution in [0, 0.1) is 13.8 Å². The van der Waals surface area contributed by atoms with Gasteiger partial charge in [-0.15, -0.1) is 11.3 Å². The molecule has 0 aliphatic rings. The molecule has 0 aliphatic heterocycles. The Bertz CT molecular complexity index is 171. The van der Waals surface area contributed by atoms with Crippen molar-refractivity contribution in [1.29, 1.82) is 0 Å². The van der Waals surface area contributed by atoms with E-state index in [0.29, 0.717) is 0 Å². The number of aryl methyl sites for hydroxylation is 1. The first-order chi connectivity index (χ1) is 3.70. The molecule has 0 atom stereocenters. The molecule has 0 spiro atoms. The van der Waals surface area contributed by atoms with Gasteiger partial charge in [-0.3, -0.25) is 0 Å². The molecule has 0 N–H and O–H groups in total. The molecule has 1 rings (SSSR count). The van der Waals surface area contributed by atoms with E-state index in [9.17, 15) is 0 Å². The van der Waals surface area contributed by atoms with Crippen LogP contribution in [0.4, 0.5) is 0 Å². The van der Waals surface area contributed by atoms with Crippen molar-refractivity contribution in [2.45, 2.75) is 6.92 Å². The SMILES string of the molecule is [CH2]c1cc(Br)c(C)s1. The van der Waals surface area contributed by atoms with Crippen molar-refractivity contribution in [2.24, 2.45) is 0 Å².